The summed E-state index contributed by atoms with van der Waals surface area (Å²) >= 11 is 0. The Balaban J connectivity index is 1.41. The molecule has 4 aromatic carbocycles. The second-order valence-electron chi connectivity index (χ2n) is 10.5. The van der Waals surface area contributed by atoms with Gasteiger partial charge in [-0.2, -0.15) is 0 Å². The molecule has 7 rings (SSSR count). The minimum Gasteiger partial charge on any atom is -0.352 e. The van der Waals surface area contributed by atoms with Crippen LogP contribution in [0.5, 0.6) is 0 Å². The fourth-order valence-electron chi connectivity index (χ4n) is 6.69. The van der Waals surface area contributed by atoms with Crippen molar-refractivity contribution in [2.45, 2.75) is 25.9 Å². The number of carbonyl (C=O) groups is 3. The van der Waals surface area contributed by atoms with Gasteiger partial charge in [0.2, 0.25) is 11.8 Å². The van der Waals surface area contributed by atoms with Gasteiger partial charge < -0.3 is 4.90 Å². The van der Waals surface area contributed by atoms with E-state index in [1.165, 1.54) is 4.90 Å². The van der Waals surface area contributed by atoms with Gasteiger partial charge in [0.15, 0.2) is 5.78 Å². The monoisotopic (exact) mass is 498 g/mol. The maximum absolute atomic E-state index is 14.2. The molecule has 0 unspecified atom stereocenters. The number of imide groups is 1. The van der Waals surface area contributed by atoms with E-state index in [1.807, 2.05) is 85.5 Å². The highest BCUT2D eigenvalue weighted by Crippen LogP contribution is 2.51. The van der Waals surface area contributed by atoms with Crippen LogP contribution in [0.25, 0.3) is 16.8 Å². The normalized spacial score (nSPS) is 23.5. The zero-order chi connectivity index (χ0) is 26.1. The van der Waals surface area contributed by atoms with E-state index < -0.39 is 23.9 Å². The van der Waals surface area contributed by atoms with Gasteiger partial charge in [-0.1, -0.05) is 90.5 Å². The van der Waals surface area contributed by atoms with Crippen LogP contribution in [0.3, 0.4) is 0 Å². The van der Waals surface area contributed by atoms with E-state index in [2.05, 4.69) is 18.2 Å². The molecule has 186 valence electrons. The molecule has 0 aromatic heterocycles. The molecule has 0 radical (unpaired) electrons. The third-order valence-electron chi connectivity index (χ3n) is 8.33. The van der Waals surface area contributed by atoms with E-state index in [1.54, 1.807) is 12.1 Å². The summed E-state index contributed by atoms with van der Waals surface area (Å²) in [7, 11) is 0. The van der Waals surface area contributed by atoms with Crippen molar-refractivity contribution in [3.05, 3.63) is 113 Å². The minimum absolute atomic E-state index is 0.138. The van der Waals surface area contributed by atoms with Crippen LogP contribution in [0.1, 0.15) is 27.0 Å². The standard InChI is InChI=1S/C33H26N2O3/c1-19-12-15-25(20(2)18-19)35-32(37)28-27-17-14-24-23-11-7-6-8-21(23)13-16-26(24)34(27)30(29(28)33(35)38)31(36)22-9-4-3-5-10-22/h3-18,27-30H,1-2H3/t27-,28-,29+,30-/m0/s1. The van der Waals surface area contributed by atoms with Gasteiger partial charge in [0, 0.05) is 16.8 Å². The van der Waals surface area contributed by atoms with Gasteiger partial charge >= 0.3 is 0 Å². The minimum atomic E-state index is -0.788. The van der Waals surface area contributed by atoms with Gasteiger partial charge in [0.05, 0.1) is 23.6 Å². The second kappa shape index (κ2) is 8.25. The lowest BCUT2D eigenvalue weighted by Gasteiger charge is -2.37. The highest BCUT2D eigenvalue weighted by Gasteiger charge is 2.64. The molecule has 0 N–H and O–H groups in total. The first kappa shape index (κ1) is 22.7. The molecule has 0 spiro atoms. The number of hydrogen-bond acceptors (Lipinski definition) is 4. The van der Waals surface area contributed by atoms with Crippen molar-refractivity contribution in [3.8, 4) is 0 Å². The largest absolute Gasteiger partial charge is 0.352 e. The molecule has 5 heteroatoms. The van der Waals surface area contributed by atoms with Crippen molar-refractivity contribution in [2.75, 3.05) is 9.80 Å². The highest BCUT2D eigenvalue weighted by molar-refractivity contribution is 6.26. The van der Waals surface area contributed by atoms with Crippen molar-refractivity contribution in [2.24, 2.45) is 11.8 Å². The first-order valence-electron chi connectivity index (χ1n) is 13.0. The van der Waals surface area contributed by atoms with Crippen LogP contribution in [-0.2, 0) is 9.59 Å². The molecule has 0 aliphatic carbocycles. The number of benzene rings is 4. The number of rotatable bonds is 3. The molecule has 2 saturated heterocycles. The van der Waals surface area contributed by atoms with E-state index in [0.717, 1.165) is 33.2 Å². The lowest BCUT2D eigenvalue weighted by molar-refractivity contribution is -0.122. The molecule has 38 heavy (non-hydrogen) atoms. The molecule has 5 nitrogen and oxygen atoms in total. The highest BCUT2D eigenvalue weighted by atomic mass is 16.2. The first-order valence-corrected chi connectivity index (χ1v) is 13.0. The number of ketones is 1. The summed E-state index contributed by atoms with van der Waals surface area (Å²) in [5.74, 6) is -2.09. The molecule has 3 heterocycles. The van der Waals surface area contributed by atoms with Crippen molar-refractivity contribution < 1.29 is 14.4 Å². The maximum atomic E-state index is 14.2. The molecule has 4 atom stereocenters. The number of nitrogens with zero attached hydrogens (tertiary/aromatic N) is 2. The first-order chi connectivity index (χ1) is 18.5. The predicted octanol–water partition coefficient (Wildman–Crippen LogP) is 5.73. The van der Waals surface area contributed by atoms with Gasteiger partial charge in [-0.15, -0.1) is 0 Å². The van der Waals surface area contributed by atoms with Gasteiger partial charge in [0.25, 0.3) is 0 Å². The molecular weight excluding hydrogens is 472 g/mol. The van der Waals surface area contributed by atoms with E-state index in [0.29, 0.717) is 11.3 Å². The summed E-state index contributed by atoms with van der Waals surface area (Å²) in [5.41, 5.74) is 4.97. The number of amides is 2. The van der Waals surface area contributed by atoms with Crippen LogP contribution >= 0.6 is 0 Å². The number of aryl methyl sites for hydroxylation is 2. The van der Waals surface area contributed by atoms with E-state index in [9.17, 15) is 14.4 Å². The third kappa shape index (κ3) is 3.08. The number of anilines is 2. The molecule has 0 saturated carbocycles. The average Bonchev–Trinajstić information content (AvgIpc) is 3.41. The predicted molar refractivity (Wildman–Crippen MR) is 149 cm³/mol. The Morgan fingerprint density at radius 1 is 0.763 bits per heavy atom. The van der Waals surface area contributed by atoms with Crippen LogP contribution in [0.15, 0.2) is 91.0 Å². The van der Waals surface area contributed by atoms with Crippen molar-refractivity contribution in [1.82, 2.24) is 0 Å². The molecule has 3 aliphatic heterocycles. The van der Waals surface area contributed by atoms with Crippen LogP contribution in [0.4, 0.5) is 11.4 Å². The summed E-state index contributed by atoms with van der Waals surface area (Å²) in [6.07, 6.45) is 4.07. The summed E-state index contributed by atoms with van der Waals surface area (Å²) < 4.78 is 0. The molecule has 3 aliphatic rings. The number of Topliss-reactive ketones (excluding diaryl/α,β-unsaturated/α-hetero) is 1. The van der Waals surface area contributed by atoms with E-state index in [-0.39, 0.29) is 17.6 Å². The lowest BCUT2D eigenvalue weighted by atomic mass is 9.86. The maximum Gasteiger partial charge on any atom is 0.240 e. The number of fused-ring (bicyclic) bond motifs is 7. The van der Waals surface area contributed by atoms with Gasteiger partial charge in [0.1, 0.15) is 6.04 Å². The van der Waals surface area contributed by atoms with Crippen LogP contribution in [-0.4, -0.2) is 29.7 Å². The zero-order valence-electron chi connectivity index (χ0n) is 21.2. The van der Waals surface area contributed by atoms with Crippen molar-refractivity contribution in [3.63, 3.8) is 0 Å². The summed E-state index contributed by atoms with van der Waals surface area (Å²) in [6, 6.07) is 25.9. The van der Waals surface area contributed by atoms with E-state index >= 15 is 0 Å². The molecule has 2 fully saturated rings. The molecule has 0 bridgehead atoms. The Hall–Kier alpha value is -4.51. The Bertz CT molecular complexity index is 1690. The average molecular weight is 499 g/mol. The van der Waals surface area contributed by atoms with Crippen molar-refractivity contribution in [1.29, 1.82) is 0 Å². The number of hydrogen-bond donors (Lipinski definition) is 0. The topological polar surface area (TPSA) is 57.7 Å². The summed E-state index contributed by atoms with van der Waals surface area (Å²) in [5, 5.41) is 2.19. The van der Waals surface area contributed by atoms with Crippen molar-refractivity contribution >= 4 is 45.8 Å². The second-order valence-corrected chi connectivity index (χ2v) is 10.5. The van der Waals surface area contributed by atoms with E-state index in [4.69, 9.17) is 0 Å². The zero-order valence-corrected chi connectivity index (χ0v) is 21.2. The third-order valence-corrected chi connectivity index (χ3v) is 8.33. The van der Waals surface area contributed by atoms with Crippen LogP contribution in [0, 0.1) is 25.7 Å². The van der Waals surface area contributed by atoms with Gasteiger partial charge in [-0.05, 0) is 42.3 Å². The SMILES string of the molecule is Cc1ccc(N2C(=O)[C@@H]3[C@@H](C2=O)[C@@H]2C=Cc4c(ccc5ccccc45)N2[C@@H]3C(=O)c2ccccc2)c(C)c1. The fraction of sp³-hybridized carbons (Fsp3) is 0.182. The Labute approximate surface area is 221 Å². The Kier molecular flexibility index (Phi) is 4.92. The Morgan fingerprint density at radius 3 is 2.26 bits per heavy atom. The Morgan fingerprint density at radius 2 is 1.47 bits per heavy atom. The molecule has 2 amide bonds. The van der Waals surface area contributed by atoms with Crippen LogP contribution < -0.4 is 9.80 Å². The quantitative estimate of drug-likeness (QED) is 0.267. The lowest BCUT2D eigenvalue weighted by Crippen LogP contribution is -2.49. The van der Waals surface area contributed by atoms with Gasteiger partial charge in [-0.3, -0.25) is 14.4 Å². The summed E-state index contributed by atoms with van der Waals surface area (Å²) in [6.45, 7) is 3.90. The molecular formula is C33H26N2O3. The summed E-state index contributed by atoms with van der Waals surface area (Å²) in [4.78, 5) is 45.8. The smallest absolute Gasteiger partial charge is 0.240 e. The molecule has 4 aromatic rings. The number of carbonyl (C=O) groups excluding carboxylic acids is 3. The van der Waals surface area contributed by atoms with Gasteiger partial charge in [-0.25, -0.2) is 4.90 Å². The van der Waals surface area contributed by atoms with Crippen LogP contribution in [0.2, 0.25) is 0 Å². The fourth-order valence-corrected chi connectivity index (χ4v) is 6.69.